The van der Waals surface area contributed by atoms with Gasteiger partial charge in [0.1, 0.15) is 18.0 Å². The molecule has 1 fully saturated rings. The highest BCUT2D eigenvalue weighted by molar-refractivity contribution is 6.17. The molecule has 1 aliphatic heterocycles. The first-order valence-corrected chi connectivity index (χ1v) is 7.55. The van der Waals surface area contributed by atoms with Crippen LogP contribution in [0.3, 0.4) is 0 Å². The van der Waals surface area contributed by atoms with E-state index in [2.05, 4.69) is 17.0 Å². The molecule has 1 aliphatic rings. The maximum absolute atomic E-state index is 6.12. The summed E-state index contributed by atoms with van der Waals surface area (Å²) < 4.78 is 11.0. The number of para-hydroxylation sites is 1. The maximum atomic E-state index is 6.12. The van der Waals surface area contributed by atoms with Crippen LogP contribution in [0.15, 0.2) is 30.3 Å². The Hall–Kier alpha value is -1.36. The Bertz CT molecular complexity index is 623. The molecular formula is C16H19ClN2O2. The Balaban J connectivity index is 1.99. The van der Waals surface area contributed by atoms with Gasteiger partial charge in [-0.2, -0.15) is 0 Å². The number of ether oxygens (including phenoxy) is 2. The Morgan fingerprint density at radius 2 is 1.86 bits per heavy atom. The van der Waals surface area contributed by atoms with Gasteiger partial charge in [0, 0.05) is 38.3 Å². The number of methoxy groups -OCH3 is 2. The van der Waals surface area contributed by atoms with Crippen LogP contribution in [0.4, 0.5) is 5.82 Å². The van der Waals surface area contributed by atoms with E-state index in [1.807, 2.05) is 18.2 Å². The van der Waals surface area contributed by atoms with Gasteiger partial charge in [-0.05, 0) is 12.1 Å². The molecule has 21 heavy (non-hydrogen) atoms. The summed E-state index contributed by atoms with van der Waals surface area (Å²) in [4.78, 5) is 7.00. The van der Waals surface area contributed by atoms with Crippen molar-refractivity contribution in [2.45, 2.75) is 18.1 Å². The largest absolute Gasteiger partial charge is 0.377 e. The zero-order valence-electron chi connectivity index (χ0n) is 12.3. The normalized spacial score (nSPS) is 22.1. The molecule has 1 saturated heterocycles. The van der Waals surface area contributed by atoms with Crippen LogP contribution in [0.25, 0.3) is 10.9 Å². The van der Waals surface area contributed by atoms with Crippen molar-refractivity contribution < 1.29 is 9.47 Å². The van der Waals surface area contributed by atoms with Gasteiger partial charge in [-0.1, -0.05) is 18.2 Å². The fourth-order valence-electron chi connectivity index (χ4n) is 2.89. The summed E-state index contributed by atoms with van der Waals surface area (Å²) in [6.45, 7) is 1.54. The van der Waals surface area contributed by atoms with Crippen molar-refractivity contribution in [1.29, 1.82) is 0 Å². The Morgan fingerprint density at radius 3 is 2.48 bits per heavy atom. The number of rotatable bonds is 4. The number of aromatic nitrogens is 1. The Morgan fingerprint density at radius 1 is 1.19 bits per heavy atom. The summed E-state index contributed by atoms with van der Waals surface area (Å²) in [5, 5.41) is 1.11. The van der Waals surface area contributed by atoms with Gasteiger partial charge in [0.25, 0.3) is 0 Å². The topological polar surface area (TPSA) is 34.6 Å². The molecule has 0 N–H and O–H groups in total. The molecule has 3 rings (SSSR count). The first-order valence-electron chi connectivity index (χ1n) is 7.02. The predicted octanol–water partition coefficient (Wildman–Crippen LogP) is 2.82. The number of anilines is 1. The van der Waals surface area contributed by atoms with Gasteiger partial charge in [-0.15, -0.1) is 11.6 Å². The second-order valence-electron chi connectivity index (χ2n) is 5.25. The lowest BCUT2D eigenvalue weighted by Gasteiger charge is -2.20. The molecule has 1 aromatic carbocycles. The molecule has 2 unspecified atom stereocenters. The minimum absolute atomic E-state index is 0.0615. The summed E-state index contributed by atoms with van der Waals surface area (Å²) in [6, 6.07) is 10.2. The van der Waals surface area contributed by atoms with Crippen LogP contribution in [0.2, 0.25) is 0 Å². The van der Waals surface area contributed by atoms with E-state index in [1.165, 1.54) is 0 Å². The SMILES string of the molecule is COC1CN(c2nc3ccccc3cc2CCl)CC1OC. The van der Waals surface area contributed by atoms with E-state index in [9.17, 15) is 0 Å². The Kier molecular flexibility index (Phi) is 4.29. The van der Waals surface area contributed by atoms with Gasteiger partial charge in [0.05, 0.1) is 11.4 Å². The zero-order valence-corrected chi connectivity index (χ0v) is 13.0. The van der Waals surface area contributed by atoms with Crippen LogP contribution >= 0.6 is 11.6 Å². The molecular weight excluding hydrogens is 288 g/mol. The number of pyridine rings is 1. The lowest BCUT2D eigenvalue weighted by atomic mass is 10.1. The number of halogens is 1. The highest BCUT2D eigenvalue weighted by atomic mass is 35.5. The lowest BCUT2D eigenvalue weighted by molar-refractivity contribution is -0.00461. The fraction of sp³-hybridized carbons (Fsp3) is 0.438. The number of fused-ring (bicyclic) bond motifs is 1. The second-order valence-corrected chi connectivity index (χ2v) is 5.52. The van der Waals surface area contributed by atoms with Gasteiger partial charge in [0.15, 0.2) is 0 Å². The maximum Gasteiger partial charge on any atom is 0.133 e. The monoisotopic (exact) mass is 306 g/mol. The van der Waals surface area contributed by atoms with Crippen molar-refractivity contribution in [1.82, 2.24) is 4.98 Å². The average molecular weight is 307 g/mol. The molecule has 5 heteroatoms. The van der Waals surface area contributed by atoms with Crippen molar-refractivity contribution in [3.05, 3.63) is 35.9 Å². The molecule has 0 spiro atoms. The van der Waals surface area contributed by atoms with Crippen LogP contribution in [0, 0.1) is 0 Å². The molecule has 112 valence electrons. The summed E-state index contributed by atoms with van der Waals surface area (Å²) >= 11 is 6.12. The third kappa shape index (κ3) is 2.71. The summed E-state index contributed by atoms with van der Waals surface area (Å²) in [5.41, 5.74) is 2.03. The minimum Gasteiger partial charge on any atom is -0.377 e. The lowest BCUT2D eigenvalue weighted by Crippen LogP contribution is -2.27. The second kappa shape index (κ2) is 6.18. The average Bonchev–Trinajstić information content (AvgIpc) is 2.96. The van der Waals surface area contributed by atoms with Gasteiger partial charge in [-0.25, -0.2) is 4.98 Å². The standard InChI is InChI=1S/C16H19ClN2O2/c1-20-14-9-19(10-15(14)21-2)16-12(8-17)7-11-5-3-4-6-13(11)18-16/h3-7,14-15H,8-10H2,1-2H3. The predicted molar refractivity (Wildman–Crippen MR) is 85.1 cm³/mol. The summed E-state index contributed by atoms with van der Waals surface area (Å²) in [5.74, 6) is 1.38. The van der Waals surface area contributed by atoms with Gasteiger partial charge < -0.3 is 14.4 Å². The zero-order chi connectivity index (χ0) is 14.8. The van der Waals surface area contributed by atoms with Gasteiger partial charge in [0.2, 0.25) is 0 Å². The van der Waals surface area contributed by atoms with Crippen LogP contribution in [-0.4, -0.2) is 44.5 Å². The van der Waals surface area contributed by atoms with Gasteiger partial charge >= 0.3 is 0 Å². The molecule has 1 aromatic heterocycles. The van der Waals surface area contributed by atoms with E-state index in [0.29, 0.717) is 5.88 Å². The van der Waals surface area contributed by atoms with Crippen LogP contribution in [-0.2, 0) is 15.4 Å². The van der Waals surface area contributed by atoms with E-state index in [4.69, 9.17) is 26.1 Å². The van der Waals surface area contributed by atoms with E-state index in [0.717, 1.165) is 35.4 Å². The molecule has 0 radical (unpaired) electrons. The molecule has 0 saturated carbocycles. The van der Waals surface area contributed by atoms with Crippen LogP contribution in [0.5, 0.6) is 0 Å². The third-order valence-corrected chi connectivity index (χ3v) is 4.33. The molecule has 0 aliphatic carbocycles. The minimum atomic E-state index is 0.0615. The first kappa shape index (κ1) is 14.6. The molecule has 2 atom stereocenters. The van der Waals surface area contributed by atoms with Crippen molar-refractivity contribution in [3.63, 3.8) is 0 Å². The molecule has 2 aromatic rings. The van der Waals surface area contributed by atoms with Crippen molar-refractivity contribution in [3.8, 4) is 0 Å². The molecule has 2 heterocycles. The van der Waals surface area contributed by atoms with E-state index in [-0.39, 0.29) is 12.2 Å². The van der Waals surface area contributed by atoms with Crippen molar-refractivity contribution >= 4 is 28.3 Å². The summed E-state index contributed by atoms with van der Waals surface area (Å²) in [7, 11) is 3.44. The van der Waals surface area contributed by atoms with Crippen LogP contribution in [0.1, 0.15) is 5.56 Å². The molecule has 0 bridgehead atoms. The number of hydrogen-bond acceptors (Lipinski definition) is 4. The van der Waals surface area contributed by atoms with Crippen molar-refractivity contribution in [2.75, 3.05) is 32.2 Å². The van der Waals surface area contributed by atoms with Crippen molar-refractivity contribution in [2.24, 2.45) is 0 Å². The number of alkyl halides is 1. The first-order chi connectivity index (χ1) is 10.3. The third-order valence-electron chi connectivity index (χ3n) is 4.04. The van der Waals surface area contributed by atoms with Crippen LogP contribution < -0.4 is 4.90 Å². The molecule has 0 amide bonds. The quantitative estimate of drug-likeness (QED) is 0.814. The van der Waals surface area contributed by atoms with E-state index < -0.39 is 0 Å². The highest BCUT2D eigenvalue weighted by Gasteiger charge is 2.34. The van der Waals surface area contributed by atoms with E-state index in [1.54, 1.807) is 14.2 Å². The van der Waals surface area contributed by atoms with E-state index >= 15 is 0 Å². The number of nitrogens with zero attached hydrogens (tertiary/aromatic N) is 2. The Labute approximate surface area is 129 Å². The number of hydrogen-bond donors (Lipinski definition) is 0. The smallest absolute Gasteiger partial charge is 0.133 e. The van der Waals surface area contributed by atoms with Gasteiger partial charge in [-0.3, -0.25) is 0 Å². The fourth-order valence-corrected chi connectivity index (χ4v) is 3.09. The highest BCUT2D eigenvalue weighted by Crippen LogP contribution is 2.29. The summed E-state index contributed by atoms with van der Waals surface area (Å²) in [6.07, 6.45) is 0.123. The molecule has 4 nitrogen and oxygen atoms in total. The number of benzene rings is 1.